The lowest BCUT2D eigenvalue weighted by Gasteiger charge is -2.34. The van der Waals surface area contributed by atoms with E-state index in [-0.39, 0.29) is 6.42 Å². The Balaban J connectivity index is 3.09. The number of carbonyl (C=O) groups is 1. The second-order valence-corrected chi connectivity index (χ2v) is 10.1. The molecule has 0 saturated heterocycles. The lowest BCUT2D eigenvalue weighted by Crippen LogP contribution is -2.32. The van der Waals surface area contributed by atoms with E-state index < -0.39 is 36.7 Å². The Morgan fingerprint density at radius 2 is 1.50 bits per heavy atom. The van der Waals surface area contributed by atoms with Crippen molar-refractivity contribution in [3.05, 3.63) is 35.4 Å². The van der Waals surface area contributed by atoms with Crippen molar-refractivity contribution in [2.75, 3.05) is 0 Å². The largest absolute Gasteiger partial charge is 0.480 e. The van der Waals surface area contributed by atoms with Crippen molar-refractivity contribution < 1.29 is 28.6 Å². The number of aliphatic hydroxyl groups is 1. The van der Waals surface area contributed by atoms with Gasteiger partial charge in [-0.05, 0) is 59.1 Å². The Kier molecular flexibility index (Phi) is 7.18. The van der Waals surface area contributed by atoms with Crippen molar-refractivity contribution in [3.63, 3.8) is 0 Å². The standard InChI is InChI=1S/C18H30NO6P/c1-17(2,3)24-26(23,25-18(4,5)6)16(22)13-9-7-12(8-10-13)11-14(19)15(20)21/h7-10,14,16,22H,11,19H2,1-6H3,(H,20,21)/t14-,16?/m0/s1. The zero-order valence-electron chi connectivity index (χ0n) is 16.2. The predicted octanol–water partition coefficient (Wildman–Crippen LogP) is 3.46. The molecule has 1 aromatic carbocycles. The molecule has 0 radical (unpaired) electrons. The monoisotopic (exact) mass is 387 g/mol. The molecule has 0 aliphatic heterocycles. The molecule has 0 aliphatic carbocycles. The Morgan fingerprint density at radius 3 is 1.85 bits per heavy atom. The number of rotatable bonds is 7. The fourth-order valence-corrected chi connectivity index (χ4v) is 4.53. The quantitative estimate of drug-likeness (QED) is 0.613. The fourth-order valence-electron chi connectivity index (χ4n) is 2.23. The number of benzene rings is 1. The van der Waals surface area contributed by atoms with Gasteiger partial charge in [-0.2, -0.15) is 0 Å². The predicted molar refractivity (Wildman–Crippen MR) is 100.0 cm³/mol. The summed E-state index contributed by atoms with van der Waals surface area (Å²) in [6.07, 6.45) is 0.153. The molecular weight excluding hydrogens is 357 g/mol. The van der Waals surface area contributed by atoms with E-state index in [9.17, 15) is 14.5 Å². The zero-order valence-corrected chi connectivity index (χ0v) is 17.1. The van der Waals surface area contributed by atoms with Crippen molar-refractivity contribution in [3.8, 4) is 0 Å². The van der Waals surface area contributed by atoms with Crippen LogP contribution in [0, 0.1) is 0 Å². The van der Waals surface area contributed by atoms with E-state index in [0.29, 0.717) is 11.1 Å². The van der Waals surface area contributed by atoms with Gasteiger partial charge in [-0.1, -0.05) is 24.3 Å². The maximum atomic E-state index is 13.3. The highest BCUT2D eigenvalue weighted by Crippen LogP contribution is 2.63. The van der Waals surface area contributed by atoms with Crippen molar-refractivity contribution in [1.82, 2.24) is 0 Å². The highest BCUT2D eigenvalue weighted by Gasteiger charge is 2.42. The Morgan fingerprint density at radius 1 is 1.08 bits per heavy atom. The fraction of sp³-hybridized carbons (Fsp3) is 0.611. The number of aliphatic carboxylic acids is 1. The maximum absolute atomic E-state index is 13.3. The van der Waals surface area contributed by atoms with Gasteiger partial charge in [-0.25, -0.2) is 0 Å². The van der Waals surface area contributed by atoms with E-state index >= 15 is 0 Å². The molecule has 148 valence electrons. The smallest absolute Gasteiger partial charge is 0.364 e. The van der Waals surface area contributed by atoms with Crippen LogP contribution in [0.15, 0.2) is 24.3 Å². The van der Waals surface area contributed by atoms with E-state index in [4.69, 9.17) is 19.9 Å². The zero-order chi connectivity index (χ0) is 20.3. The highest BCUT2D eigenvalue weighted by atomic mass is 31.2. The minimum Gasteiger partial charge on any atom is -0.480 e. The maximum Gasteiger partial charge on any atom is 0.364 e. The van der Waals surface area contributed by atoms with E-state index in [0.717, 1.165) is 0 Å². The van der Waals surface area contributed by atoms with Crippen LogP contribution in [-0.2, 0) is 24.8 Å². The van der Waals surface area contributed by atoms with Gasteiger partial charge in [0, 0.05) is 0 Å². The minimum absolute atomic E-state index is 0.153. The molecule has 0 fully saturated rings. The van der Waals surface area contributed by atoms with Gasteiger partial charge >= 0.3 is 13.6 Å². The van der Waals surface area contributed by atoms with Crippen LogP contribution in [0.5, 0.6) is 0 Å². The van der Waals surface area contributed by atoms with Gasteiger partial charge in [-0.15, -0.1) is 0 Å². The second kappa shape index (κ2) is 8.19. The third-order valence-electron chi connectivity index (χ3n) is 3.15. The summed E-state index contributed by atoms with van der Waals surface area (Å²) in [5.41, 5.74) is 5.01. The van der Waals surface area contributed by atoms with Gasteiger partial charge in [0.25, 0.3) is 0 Å². The van der Waals surface area contributed by atoms with Gasteiger partial charge in [0.1, 0.15) is 6.04 Å². The lowest BCUT2D eigenvalue weighted by molar-refractivity contribution is -0.138. The van der Waals surface area contributed by atoms with E-state index in [1.165, 1.54) is 0 Å². The summed E-state index contributed by atoms with van der Waals surface area (Å²) >= 11 is 0. The molecule has 0 heterocycles. The average molecular weight is 387 g/mol. The van der Waals surface area contributed by atoms with Crippen molar-refractivity contribution in [2.45, 2.75) is 71.1 Å². The van der Waals surface area contributed by atoms with Gasteiger partial charge in [0.15, 0.2) is 5.85 Å². The molecule has 0 aliphatic rings. The molecule has 2 atom stereocenters. The van der Waals surface area contributed by atoms with Crippen LogP contribution in [0.3, 0.4) is 0 Å². The molecule has 0 amide bonds. The number of hydrogen-bond acceptors (Lipinski definition) is 6. The van der Waals surface area contributed by atoms with Gasteiger partial charge in [0.05, 0.1) is 11.2 Å². The molecule has 7 nitrogen and oxygen atoms in total. The van der Waals surface area contributed by atoms with Crippen molar-refractivity contribution >= 4 is 13.6 Å². The Hall–Kier alpha value is -1.24. The molecule has 1 unspecified atom stereocenters. The SMILES string of the molecule is CC(C)(C)OP(=O)(OC(C)(C)C)C(O)c1ccc(C[C@H](N)C(=O)O)cc1. The molecule has 0 aromatic heterocycles. The van der Waals surface area contributed by atoms with Crippen LogP contribution in [0.2, 0.25) is 0 Å². The Bertz CT molecular complexity index is 640. The van der Waals surface area contributed by atoms with E-state index in [1.807, 2.05) is 0 Å². The van der Waals surface area contributed by atoms with Crippen LogP contribution in [0.25, 0.3) is 0 Å². The summed E-state index contributed by atoms with van der Waals surface area (Å²) in [6, 6.07) is 5.41. The average Bonchev–Trinajstić information content (AvgIpc) is 2.43. The van der Waals surface area contributed by atoms with E-state index in [1.54, 1.807) is 65.8 Å². The number of carboxylic acid groups (broad SMARTS) is 1. The number of carboxylic acids is 1. The summed E-state index contributed by atoms with van der Waals surface area (Å²) in [4.78, 5) is 10.8. The van der Waals surface area contributed by atoms with Gasteiger partial charge in [0.2, 0.25) is 0 Å². The van der Waals surface area contributed by atoms with Crippen LogP contribution in [0.4, 0.5) is 0 Å². The third-order valence-corrected chi connectivity index (χ3v) is 5.65. The number of aliphatic hydroxyl groups excluding tert-OH is 1. The van der Waals surface area contributed by atoms with Crippen LogP contribution >= 0.6 is 7.60 Å². The number of hydrogen-bond donors (Lipinski definition) is 3. The molecule has 0 spiro atoms. The second-order valence-electron chi connectivity index (χ2n) is 8.21. The molecule has 4 N–H and O–H groups in total. The molecular formula is C18H30NO6P. The molecule has 8 heteroatoms. The highest BCUT2D eigenvalue weighted by molar-refractivity contribution is 7.54. The lowest BCUT2D eigenvalue weighted by atomic mass is 10.1. The minimum atomic E-state index is -3.90. The third kappa shape index (κ3) is 7.17. The first-order valence-electron chi connectivity index (χ1n) is 8.39. The molecule has 1 aromatic rings. The summed E-state index contributed by atoms with van der Waals surface area (Å²) in [6.45, 7) is 10.4. The first-order chi connectivity index (χ1) is 11.6. The summed E-state index contributed by atoms with van der Waals surface area (Å²) < 4.78 is 24.6. The normalized spacial score (nSPS) is 15.5. The van der Waals surface area contributed by atoms with Crippen molar-refractivity contribution in [2.24, 2.45) is 5.73 Å². The summed E-state index contributed by atoms with van der Waals surface area (Å²) in [5.74, 6) is -2.56. The number of nitrogens with two attached hydrogens (primary N) is 1. The first-order valence-corrected chi connectivity index (χ1v) is 10.0. The van der Waals surface area contributed by atoms with Crippen molar-refractivity contribution in [1.29, 1.82) is 0 Å². The van der Waals surface area contributed by atoms with Gasteiger partial charge in [-0.3, -0.25) is 9.36 Å². The molecule has 1 rings (SSSR count). The van der Waals surface area contributed by atoms with Crippen LogP contribution in [-0.4, -0.2) is 33.4 Å². The summed E-state index contributed by atoms with van der Waals surface area (Å²) in [5, 5.41) is 19.6. The Labute approximate surface area is 155 Å². The molecule has 0 bridgehead atoms. The topological polar surface area (TPSA) is 119 Å². The summed E-state index contributed by atoms with van der Waals surface area (Å²) in [7, 11) is -3.90. The van der Waals surface area contributed by atoms with Crippen LogP contribution in [0.1, 0.15) is 58.5 Å². The first kappa shape index (κ1) is 22.8. The molecule has 0 saturated carbocycles. The van der Waals surface area contributed by atoms with Gasteiger partial charge < -0.3 is 25.0 Å². The van der Waals surface area contributed by atoms with Crippen LogP contribution < -0.4 is 5.73 Å². The van der Waals surface area contributed by atoms with E-state index in [2.05, 4.69) is 0 Å². The molecule has 26 heavy (non-hydrogen) atoms.